The summed E-state index contributed by atoms with van der Waals surface area (Å²) in [5.41, 5.74) is 7.97. The lowest BCUT2D eigenvalue weighted by Crippen LogP contribution is -2.07. The van der Waals surface area contributed by atoms with Crippen molar-refractivity contribution in [2.24, 2.45) is 5.73 Å². The molecule has 1 aromatic rings. The molecule has 0 spiro atoms. The van der Waals surface area contributed by atoms with Gasteiger partial charge >= 0.3 is 0 Å². The minimum absolute atomic E-state index is 0.251. The molecule has 3 heteroatoms. The fourth-order valence-electron chi connectivity index (χ4n) is 1.42. The minimum Gasteiger partial charge on any atom is -0.330 e. The highest BCUT2D eigenvalue weighted by atomic mass is 35.5. The summed E-state index contributed by atoms with van der Waals surface area (Å²) in [6.45, 7) is 4.16. The number of halogens is 2. The summed E-state index contributed by atoms with van der Waals surface area (Å²) < 4.78 is 13.2. The molecule has 0 aromatic heterocycles. The molecule has 72 valence electrons. The van der Waals surface area contributed by atoms with Crippen LogP contribution in [-0.2, 0) is 6.42 Å². The Balaban J connectivity index is 3.28. The van der Waals surface area contributed by atoms with Crippen molar-refractivity contribution in [3.05, 3.63) is 33.6 Å². The minimum atomic E-state index is -0.251. The number of benzene rings is 1. The summed E-state index contributed by atoms with van der Waals surface area (Å²) in [7, 11) is 0. The maximum Gasteiger partial charge on any atom is 0.127 e. The largest absolute Gasteiger partial charge is 0.330 e. The van der Waals surface area contributed by atoms with Gasteiger partial charge in [-0.1, -0.05) is 11.6 Å². The van der Waals surface area contributed by atoms with Crippen LogP contribution in [0, 0.1) is 19.7 Å². The third-order valence-corrected chi connectivity index (χ3v) is 2.66. The van der Waals surface area contributed by atoms with Crippen molar-refractivity contribution in [1.29, 1.82) is 0 Å². The summed E-state index contributed by atoms with van der Waals surface area (Å²) in [5, 5.41) is 0.478. The van der Waals surface area contributed by atoms with Crippen LogP contribution in [0.15, 0.2) is 6.07 Å². The average Bonchev–Trinajstić information content (AvgIpc) is 2.09. The van der Waals surface area contributed by atoms with Crippen LogP contribution in [0.3, 0.4) is 0 Å². The van der Waals surface area contributed by atoms with Crippen LogP contribution < -0.4 is 5.73 Å². The van der Waals surface area contributed by atoms with Crippen LogP contribution in [0.5, 0.6) is 0 Å². The van der Waals surface area contributed by atoms with Crippen molar-refractivity contribution < 1.29 is 4.39 Å². The van der Waals surface area contributed by atoms with Crippen LogP contribution in [0.2, 0.25) is 5.02 Å². The summed E-state index contributed by atoms with van der Waals surface area (Å²) in [6, 6.07) is 1.35. The van der Waals surface area contributed by atoms with E-state index in [1.54, 1.807) is 6.92 Å². The quantitative estimate of drug-likeness (QED) is 0.782. The smallest absolute Gasteiger partial charge is 0.127 e. The topological polar surface area (TPSA) is 26.0 Å². The van der Waals surface area contributed by atoms with E-state index >= 15 is 0 Å². The predicted molar refractivity (Wildman–Crippen MR) is 53.6 cm³/mol. The van der Waals surface area contributed by atoms with Gasteiger partial charge in [0.25, 0.3) is 0 Å². The first-order chi connectivity index (χ1) is 6.07. The molecule has 0 heterocycles. The van der Waals surface area contributed by atoms with E-state index in [0.29, 0.717) is 23.6 Å². The van der Waals surface area contributed by atoms with Gasteiger partial charge in [-0.3, -0.25) is 0 Å². The Morgan fingerprint density at radius 2 is 2.00 bits per heavy atom. The van der Waals surface area contributed by atoms with Gasteiger partial charge in [0.2, 0.25) is 0 Å². The normalized spacial score (nSPS) is 10.5. The molecule has 0 aliphatic rings. The van der Waals surface area contributed by atoms with Gasteiger partial charge in [0.05, 0.1) is 0 Å². The maximum absolute atomic E-state index is 13.2. The lowest BCUT2D eigenvalue weighted by molar-refractivity contribution is 0.614. The highest BCUT2D eigenvalue weighted by Gasteiger charge is 2.10. The molecule has 1 aromatic carbocycles. The predicted octanol–water partition coefficient (Wildman–Crippen LogP) is 2.60. The number of rotatable bonds is 2. The van der Waals surface area contributed by atoms with Crippen LogP contribution >= 0.6 is 11.6 Å². The lowest BCUT2D eigenvalue weighted by Gasteiger charge is -2.11. The highest BCUT2D eigenvalue weighted by Crippen LogP contribution is 2.25. The molecule has 0 amide bonds. The first-order valence-electron chi connectivity index (χ1n) is 4.22. The molecule has 2 N–H and O–H groups in total. The van der Waals surface area contributed by atoms with Gasteiger partial charge in [0.1, 0.15) is 5.82 Å². The third-order valence-electron chi connectivity index (χ3n) is 2.27. The van der Waals surface area contributed by atoms with Crippen molar-refractivity contribution in [3.63, 3.8) is 0 Å². The summed E-state index contributed by atoms with van der Waals surface area (Å²) in [5.74, 6) is -0.251. The number of hydrogen-bond donors (Lipinski definition) is 1. The number of nitrogens with two attached hydrogens (primary N) is 1. The Hall–Kier alpha value is -0.600. The van der Waals surface area contributed by atoms with Gasteiger partial charge in [-0.25, -0.2) is 4.39 Å². The second-order valence-corrected chi connectivity index (χ2v) is 3.51. The van der Waals surface area contributed by atoms with Crippen LogP contribution in [0.1, 0.15) is 16.7 Å². The zero-order chi connectivity index (χ0) is 10.0. The third kappa shape index (κ3) is 2.01. The van der Waals surface area contributed by atoms with E-state index in [0.717, 1.165) is 11.1 Å². The summed E-state index contributed by atoms with van der Waals surface area (Å²) in [6.07, 6.45) is 0.676. The van der Waals surface area contributed by atoms with E-state index in [-0.39, 0.29) is 5.82 Å². The zero-order valence-electron chi connectivity index (χ0n) is 7.82. The molecule has 0 fully saturated rings. The van der Waals surface area contributed by atoms with E-state index in [1.807, 2.05) is 6.92 Å². The molecule has 0 bridgehead atoms. The zero-order valence-corrected chi connectivity index (χ0v) is 8.58. The van der Waals surface area contributed by atoms with Gasteiger partial charge in [0.15, 0.2) is 0 Å². The highest BCUT2D eigenvalue weighted by molar-refractivity contribution is 6.31. The van der Waals surface area contributed by atoms with E-state index in [2.05, 4.69) is 0 Å². The Labute approximate surface area is 82.7 Å². The van der Waals surface area contributed by atoms with Crippen molar-refractivity contribution in [2.45, 2.75) is 20.3 Å². The molecule has 0 saturated carbocycles. The van der Waals surface area contributed by atoms with Crippen molar-refractivity contribution in [1.82, 2.24) is 0 Å². The number of hydrogen-bond acceptors (Lipinski definition) is 1. The molecule has 0 atom stereocenters. The molecule has 0 aliphatic carbocycles. The Bertz CT molecular complexity index is 297. The van der Waals surface area contributed by atoms with Crippen LogP contribution in [-0.4, -0.2) is 6.54 Å². The Morgan fingerprint density at radius 1 is 1.38 bits per heavy atom. The molecule has 0 saturated heterocycles. The Kier molecular flexibility index (Phi) is 3.28. The fraction of sp³-hybridized carbons (Fsp3) is 0.400. The lowest BCUT2D eigenvalue weighted by atomic mass is 9.99. The van der Waals surface area contributed by atoms with Crippen LogP contribution in [0.4, 0.5) is 4.39 Å². The van der Waals surface area contributed by atoms with Crippen molar-refractivity contribution in [3.8, 4) is 0 Å². The summed E-state index contributed by atoms with van der Waals surface area (Å²) in [4.78, 5) is 0. The molecule has 13 heavy (non-hydrogen) atoms. The van der Waals surface area contributed by atoms with Crippen molar-refractivity contribution in [2.75, 3.05) is 6.54 Å². The standard InChI is InChI=1S/C10H13ClFN/c1-6-8(3-4-13)7(2)10(12)5-9(6)11/h5H,3-4,13H2,1-2H3. The molecule has 1 nitrogen and oxygen atoms in total. The van der Waals surface area contributed by atoms with E-state index in [4.69, 9.17) is 17.3 Å². The van der Waals surface area contributed by atoms with Crippen LogP contribution in [0.25, 0.3) is 0 Å². The fourth-order valence-corrected chi connectivity index (χ4v) is 1.63. The molecule has 0 aliphatic heterocycles. The molecular weight excluding hydrogens is 189 g/mol. The average molecular weight is 202 g/mol. The maximum atomic E-state index is 13.2. The van der Waals surface area contributed by atoms with Gasteiger partial charge in [-0.05, 0) is 49.6 Å². The van der Waals surface area contributed by atoms with Gasteiger partial charge in [-0.2, -0.15) is 0 Å². The monoisotopic (exact) mass is 201 g/mol. The second kappa shape index (κ2) is 4.07. The first kappa shape index (κ1) is 10.5. The molecule has 0 radical (unpaired) electrons. The SMILES string of the molecule is Cc1c(F)cc(Cl)c(C)c1CCN. The molecule has 1 rings (SSSR count). The van der Waals surface area contributed by atoms with E-state index < -0.39 is 0 Å². The van der Waals surface area contributed by atoms with E-state index in [1.165, 1.54) is 6.07 Å². The molecular formula is C10H13ClFN. The second-order valence-electron chi connectivity index (χ2n) is 3.11. The molecule has 0 unspecified atom stereocenters. The summed E-state index contributed by atoms with van der Waals surface area (Å²) >= 11 is 5.85. The van der Waals surface area contributed by atoms with Gasteiger partial charge in [-0.15, -0.1) is 0 Å². The Morgan fingerprint density at radius 3 is 2.54 bits per heavy atom. The van der Waals surface area contributed by atoms with Gasteiger partial charge in [0, 0.05) is 5.02 Å². The van der Waals surface area contributed by atoms with Gasteiger partial charge < -0.3 is 5.73 Å². The first-order valence-corrected chi connectivity index (χ1v) is 4.60. The van der Waals surface area contributed by atoms with E-state index in [9.17, 15) is 4.39 Å². The van der Waals surface area contributed by atoms with Crippen molar-refractivity contribution >= 4 is 11.6 Å².